The van der Waals surface area contributed by atoms with Gasteiger partial charge in [-0.25, -0.2) is 0 Å². The second-order valence-corrected chi connectivity index (χ2v) is 6.58. The van der Waals surface area contributed by atoms with Crippen LogP contribution in [0.5, 0.6) is 0 Å². The Kier molecular flexibility index (Phi) is 4.55. The molecule has 0 aromatic carbocycles. The molecule has 1 aliphatic heterocycles. The quantitative estimate of drug-likeness (QED) is 0.874. The monoisotopic (exact) mass is 314 g/mol. The summed E-state index contributed by atoms with van der Waals surface area (Å²) < 4.78 is 3.96. The number of amides is 1. The topological polar surface area (TPSA) is 43.1 Å². The normalized spacial score (nSPS) is 18.9. The summed E-state index contributed by atoms with van der Waals surface area (Å²) in [4.78, 5) is 15.0. The first-order valence-corrected chi connectivity index (χ1v) is 8.48. The van der Waals surface area contributed by atoms with Gasteiger partial charge in [0.25, 0.3) is 0 Å². The third-order valence-electron chi connectivity index (χ3n) is 4.79. The highest BCUT2D eigenvalue weighted by molar-refractivity contribution is 5.76. The van der Waals surface area contributed by atoms with Crippen LogP contribution in [0.1, 0.15) is 48.8 Å². The summed E-state index contributed by atoms with van der Waals surface area (Å²) in [7, 11) is 2.06. The van der Waals surface area contributed by atoms with Crippen molar-refractivity contribution in [3.05, 3.63) is 41.5 Å². The van der Waals surface area contributed by atoms with Gasteiger partial charge in [0, 0.05) is 31.2 Å². The number of aromatic nitrogens is 3. The van der Waals surface area contributed by atoms with Crippen LogP contribution in [-0.4, -0.2) is 31.7 Å². The smallest absolute Gasteiger partial charge is 0.244 e. The van der Waals surface area contributed by atoms with Gasteiger partial charge in [0.15, 0.2) is 0 Å². The average Bonchev–Trinajstić information content (AvgIpc) is 2.95. The molecule has 1 saturated heterocycles. The van der Waals surface area contributed by atoms with Gasteiger partial charge in [-0.15, -0.1) is 0 Å². The van der Waals surface area contributed by atoms with Crippen molar-refractivity contribution in [3.8, 4) is 0 Å². The van der Waals surface area contributed by atoms with Crippen LogP contribution in [0.25, 0.3) is 0 Å². The van der Waals surface area contributed by atoms with E-state index < -0.39 is 0 Å². The summed E-state index contributed by atoms with van der Waals surface area (Å²) in [5, 5.41) is 4.44. The largest absolute Gasteiger partial charge is 0.353 e. The van der Waals surface area contributed by atoms with Gasteiger partial charge in [0.05, 0.1) is 11.7 Å². The minimum absolute atomic E-state index is 0.171. The molecule has 0 radical (unpaired) electrons. The number of nitrogens with zero attached hydrogens (tertiary/aromatic N) is 4. The van der Waals surface area contributed by atoms with Crippen molar-refractivity contribution in [1.82, 2.24) is 19.2 Å². The standard InChI is InChI=1S/C18H26N4O/c1-14-12-15(2)22(19-14)13-18(23)21-11-6-4-5-8-17(21)16-9-7-10-20(16)3/h7,9-10,12,17H,4-6,8,11,13H2,1-3H3/t17-/m1/s1. The summed E-state index contributed by atoms with van der Waals surface area (Å²) >= 11 is 0. The van der Waals surface area contributed by atoms with Crippen molar-refractivity contribution in [2.45, 2.75) is 52.1 Å². The van der Waals surface area contributed by atoms with E-state index in [0.29, 0.717) is 6.54 Å². The highest BCUT2D eigenvalue weighted by Gasteiger charge is 2.28. The fraction of sp³-hybridized carbons (Fsp3) is 0.556. The molecule has 3 rings (SSSR count). The van der Waals surface area contributed by atoms with Gasteiger partial charge >= 0.3 is 0 Å². The predicted octanol–water partition coefficient (Wildman–Crippen LogP) is 2.98. The van der Waals surface area contributed by atoms with Crippen LogP contribution in [0, 0.1) is 13.8 Å². The summed E-state index contributed by atoms with van der Waals surface area (Å²) in [6, 6.07) is 6.40. The van der Waals surface area contributed by atoms with Crippen LogP contribution in [-0.2, 0) is 18.4 Å². The van der Waals surface area contributed by atoms with Gasteiger partial charge in [-0.05, 0) is 44.9 Å². The Bertz CT molecular complexity index is 685. The first-order chi connectivity index (χ1) is 11.1. The number of carbonyl (C=O) groups excluding carboxylic acids is 1. The number of hydrogen-bond acceptors (Lipinski definition) is 2. The molecule has 1 aliphatic rings. The lowest BCUT2D eigenvalue weighted by Crippen LogP contribution is -2.38. The molecule has 0 bridgehead atoms. The summed E-state index contributed by atoms with van der Waals surface area (Å²) in [6.07, 6.45) is 6.57. The highest BCUT2D eigenvalue weighted by Crippen LogP contribution is 2.30. The molecule has 1 atom stereocenters. The van der Waals surface area contributed by atoms with E-state index in [1.54, 1.807) is 0 Å². The lowest BCUT2D eigenvalue weighted by molar-refractivity contribution is -0.134. The van der Waals surface area contributed by atoms with Gasteiger partial charge in [-0.2, -0.15) is 5.10 Å². The molecule has 0 aliphatic carbocycles. The summed E-state index contributed by atoms with van der Waals surface area (Å²) in [5.41, 5.74) is 3.24. The molecule has 0 N–H and O–H groups in total. The van der Waals surface area contributed by atoms with E-state index in [-0.39, 0.29) is 11.9 Å². The molecule has 2 aromatic rings. The molecule has 2 aromatic heterocycles. The van der Waals surface area contributed by atoms with Crippen LogP contribution < -0.4 is 0 Å². The second-order valence-electron chi connectivity index (χ2n) is 6.58. The zero-order chi connectivity index (χ0) is 16.4. The minimum Gasteiger partial charge on any atom is -0.353 e. The molecule has 1 amide bonds. The van der Waals surface area contributed by atoms with E-state index in [0.717, 1.165) is 30.8 Å². The Morgan fingerprint density at radius 3 is 2.78 bits per heavy atom. The van der Waals surface area contributed by atoms with E-state index in [1.807, 2.05) is 24.6 Å². The van der Waals surface area contributed by atoms with Crippen molar-refractivity contribution >= 4 is 5.91 Å². The Morgan fingerprint density at radius 2 is 2.13 bits per heavy atom. The van der Waals surface area contributed by atoms with E-state index >= 15 is 0 Å². The van der Waals surface area contributed by atoms with Crippen LogP contribution >= 0.6 is 0 Å². The van der Waals surface area contributed by atoms with E-state index in [4.69, 9.17) is 0 Å². The Balaban J connectivity index is 1.83. The lowest BCUT2D eigenvalue weighted by Gasteiger charge is -2.30. The SMILES string of the molecule is Cc1cc(C)n(CC(=O)N2CCCCC[C@@H]2c2cccn2C)n1. The van der Waals surface area contributed by atoms with Gasteiger partial charge in [-0.3, -0.25) is 9.48 Å². The molecule has 0 saturated carbocycles. The van der Waals surface area contributed by atoms with Gasteiger partial charge in [0.1, 0.15) is 6.54 Å². The van der Waals surface area contributed by atoms with E-state index in [2.05, 4.69) is 39.9 Å². The zero-order valence-corrected chi connectivity index (χ0v) is 14.3. The van der Waals surface area contributed by atoms with Gasteiger partial charge in [-0.1, -0.05) is 12.8 Å². The summed E-state index contributed by atoms with van der Waals surface area (Å²) in [6.45, 7) is 5.14. The molecule has 3 heterocycles. The number of likely N-dealkylation sites (tertiary alicyclic amines) is 1. The van der Waals surface area contributed by atoms with Crippen LogP contribution in [0.2, 0.25) is 0 Å². The lowest BCUT2D eigenvalue weighted by atomic mass is 10.1. The molecule has 124 valence electrons. The third-order valence-corrected chi connectivity index (χ3v) is 4.79. The molecule has 0 spiro atoms. The third kappa shape index (κ3) is 3.33. The Labute approximate surface area is 137 Å². The van der Waals surface area contributed by atoms with Crippen molar-refractivity contribution in [2.75, 3.05) is 6.54 Å². The average molecular weight is 314 g/mol. The molecule has 5 heteroatoms. The van der Waals surface area contributed by atoms with Gasteiger partial charge in [0.2, 0.25) is 5.91 Å². The maximum atomic E-state index is 13.0. The first kappa shape index (κ1) is 15.8. The van der Waals surface area contributed by atoms with E-state index in [9.17, 15) is 4.79 Å². The minimum atomic E-state index is 0.171. The second kappa shape index (κ2) is 6.60. The van der Waals surface area contributed by atoms with Crippen molar-refractivity contribution in [2.24, 2.45) is 7.05 Å². The number of rotatable bonds is 3. The molecule has 23 heavy (non-hydrogen) atoms. The van der Waals surface area contributed by atoms with Crippen LogP contribution in [0.3, 0.4) is 0 Å². The molecule has 5 nitrogen and oxygen atoms in total. The zero-order valence-electron chi connectivity index (χ0n) is 14.3. The number of hydrogen-bond donors (Lipinski definition) is 0. The van der Waals surface area contributed by atoms with Crippen molar-refractivity contribution in [3.63, 3.8) is 0 Å². The fourth-order valence-corrected chi connectivity index (χ4v) is 3.59. The predicted molar refractivity (Wildman–Crippen MR) is 90.0 cm³/mol. The van der Waals surface area contributed by atoms with E-state index in [1.165, 1.54) is 18.5 Å². The van der Waals surface area contributed by atoms with Crippen LogP contribution in [0.4, 0.5) is 0 Å². The summed E-state index contributed by atoms with van der Waals surface area (Å²) in [5.74, 6) is 0.171. The number of aryl methyl sites for hydroxylation is 3. The van der Waals surface area contributed by atoms with Gasteiger partial charge < -0.3 is 9.47 Å². The van der Waals surface area contributed by atoms with Crippen LogP contribution in [0.15, 0.2) is 24.4 Å². The van der Waals surface area contributed by atoms with Crippen molar-refractivity contribution < 1.29 is 4.79 Å². The highest BCUT2D eigenvalue weighted by atomic mass is 16.2. The Hall–Kier alpha value is -2.04. The molecule has 1 fully saturated rings. The molecular formula is C18H26N4O. The number of carbonyl (C=O) groups is 1. The maximum absolute atomic E-state index is 13.0. The molecular weight excluding hydrogens is 288 g/mol. The Morgan fingerprint density at radius 1 is 1.30 bits per heavy atom. The first-order valence-electron chi connectivity index (χ1n) is 8.48. The molecule has 0 unspecified atom stereocenters. The van der Waals surface area contributed by atoms with Crippen molar-refractivity contribution in [1.29, 1.82) is 0 Å². The maximum Gasteiger partial charge on any atom is 0.244 e. The fourth-order valence-electron chi connectivity index (χ4n) is 3.59.